The Kier molecular flexibility index (Phi) is 4.24. The molecule has 0 amide bonds. The summed E-state index contributed by atoms with van der Waals surface area (Å²) in [5, 5.41) is 3.16. The van der Waals surface area contributed by atoms with Gasteiger partial charge < -0.3 is 11.1 Å². The van der Waals surface area contributed by atoms with Gasteiger partial charge in [-0.05, 0) is 30.5 Å². The lowest BCUT2D eigenvalue weighted by molar-refractivity contribution is 0.345. The first-order valence-corrected chi connectivity index (χ1v) is 6.54. The highest BCUT2D eigenvalue weighted by molar-refractivity contribution is 5.52. The first-order chi connectivity index (χ1) is 8.25. The third-order valence-corrected chi connectivity index (χ3v) is 3.59. The molecule has 0 radical (unpaired) electrons. The van der Waals surface area contributed by atoms with Crippen molar-refractivity contribution in [2.24, 2.45) is 5.92 Å². The van der Waals surface area contributed by atoms with E-state index in [9.17, 15) is 4.39 Å². The Balaban J connectivity index is 1.77. The zero-order chi connectivity index (χ0) is 12.1. The fraction of sp³-hybridized carbons (Fsp3) is 0.571. The quantitative estimate of drug-likeness (QED) is 0.780. The summed E-state index contributed by atoms with van der Waals surface area (Å²) >= 11 is 0. The molecule has 2 nitrogen and oxygen atoms in total. The molecule has 1 saturated carbocycles. The molecule has 0 saturated heterocycles. The van der Waals surface area contributed by atoms with E-state index in [-0.39, 0.29) is 5.82 Å². The molecule has 0 spiro atoms. The topological polar surface area (TPSA) is 38.0 Å². The summed E-state index contributed by atoms with van der Waals surface area (Å²) in [6, 6.07) is 4.81. The Hall–Kier alpha value is -1.25. The highest BCUT2D eigenvalue weighted by Crippen LogP contribution is 2.26. The minimum Gasteiger partial charge on any atom is -0.399 e. The van der Waals surface area contributed by atoms with Crippen molar-refractivity contribution in [2.75, 3.05) is 17.6 Å². The number of nitrogens with two attached hydrogens (primary N) is 1. The van der Waals surface area contributed by atoms with Crippen molar-refractivity contribution >= 4 is 11.4 Å². The number of rotatable bonds is 4. The predicted octanol–water partition coefficient (Wildman–Crippen LogP) is 3.79. The van der Waals surface area contributed by atoms with Crippen molar-refractivity contribution < 1.29 is 4.39 Å². The molecule has 94 valence electrons. The SMILES string of the molecule is Nc1ccc(NCCC2CCCCC2)c(F)c1. The van der Waals surface area contributed by atoms with Gasteiger partial charge in [0.15, 0.2) is 0 Å². The molecule has 1 aromatic carbocycles. The maximum absolute atomic E-state index is 13.5. The Morgan fingerprint density at radius 3 is 2.71 bits per heavy atom. The van der Waals surface area contributed by atoms with Gasteiger partial charge in [0.2, 0.25) is 0 Å². The number of hydrogen-bond acceptors (Lipinski definition) is 2. The van der Waals surface area contributed by atoms with Crippen LogP contribution in [0.25, 0.3) is 0 Å². The number of nitrogens with one attached hydrogen (secondary N) is 1. The Morgan fingerprint density at radius 2 is 2.00 bits per heavy atom. The van der Waals surface area contributed by atoms with Crippen LogP contribution >= 0.6 is 0 Å². The molecule has 1 aliphatic carbocycles. The average molecular weight is 236 g/mol. The molecule has 3 heteroatoms. The van der Waals surface area contributed by atoms with Gasteiger partial charge in [-0.25, -0.2) is 4.39 Å². The lowest BCUT2D eigenvalue weighted by Gasteiger charge is -2.21. The van der Waals surface area contributed by atoms with E-state index in [0.717, 1.165) is 18.9 Å². The minimum atomic E-state index is -0.256. The standard InChI is InChI=1S/C14H21FN2/c15-13-10-12(16)6-7-14(13)17-9-8-11-4-2-1-3-5-11/h6-7,10-11,17H,1-5,8-9,16H2. The smallest absolute Gasteiger partial charge is 0.148 e. The molecule has 0 unspecified atom stereocenters. The first kappa shape index (κ1) is 12.2. The van der Waals surface area contributed by atoms with Crippen LogP contribution in [0.1, 0.15) is 38.5 Å². The summed E-state index contributed by atoms with van der Waals surface area (Å²) in [6.07, 6.45) is 7.93. The molecule has 0 heterocycles. The predicted molar refractivity (Wildman–Crippen MR) is 70.5 cm³/mol. The van der Waals surface area contributed by atoms with E-state index in [1.54, 1.807) is 12.1 Å². The molecule has 0 bridgehead atoms. The summed E-state index contributed by atoms with van der Waals surface area (Å²) in [5.74, 6) is 0.571. The second-order valence-corrected chi connectivity index (χ2v) is 4.96. The van der Waals surface area contributed by atoms with E-state index in [0.29, 0.717) is 11.4 Å². The second kappa shape index (κ2) is 5.89. The number of hydrogen-bond donors (Lipinski definition) is 2. The third-order valence-electron chi connectivity index (χ3n) is 3.59. The van der Waals surface area contributed by atoms with E-state index in [4.69, 9.17) is 5.73 Å². The van der Waals surface area contributed by atoms with Crippen molar-refractivity contribution in [3.63, 3.8) is 0 Å². The summed E-state index contributed by atoms with van der Waals surface area (Å²) in [6.45, 7) is 0.853. The lowest BCUT2D eigenvalue weighted by Crippen LogP contribution is -2.12. The average Bonchev–Trinajstić information content (AvgIpc) is 2.33. The largest absolute Gasteiger partial charge is 0.399 e. The number of halogens is 1. The van der Waals surface area contributed by atoms with Crippen LogP contribution in [0.2, 0.25) is 0 Å². The Bertz CT molecular complexity index is 359. The van der Waals surface area contributed by atoms with Crippen LogP contribution in [-0.4, -0.2) is 6.54 Å². The maximum Gasteiger partial charge on any atom is 0.148 e. The molecular weight excluding hydrogens is 215 g/mol. The molecular formula is C14H21FN2. The summed E-state index contributed by atoms with van der Waals surface area (Å²) in [5.41, 5.74) is 6.54. The van der Waals surface area contributed by atoms with Gasteiger partial charge in [0, 0.05) is 12.2 Å². The van der Waals surface area contributed by atoms with Crippen LogP contribution < -0.4 is 11.1 Å². The summed E-state index contributed by atoms with van der Waals surface area (Å²) in [4.78, 5) is 0. The van der Waals surface area contributed by atoms with Crippen LogP contribution in [0, 0.1) is 11.7 Å². The molecule has 1 aliphatic rings. The van der Waals surface area contributed by atoms with Crippen molar-refractivity contribution in [2.45, 2.75) is 38.5 Å². The summed E-state index contributed by atoms with van der Waals surface area (Å²) in [7, 11) is 0. The van der Waals surface area contributed by atoms with Crippen molar-refractivity contribution in [3.8, 4) is 0 Å². The highest BCUT2D eigenvalue weighted by atomic mass is 19.1. The van der Waals surface area contributed by atoms with Crippen LogP contribution in [-0.2, 0) is 0 Å². The molecule has 2 rings (SSSR count). The van der Waals surface area contributed by atoms with Gasteiger partial charge in [-0.15, -0.1) is 0 Å². The van der Waals surface area contributed by atoms with E-state index in [2.05, 4.69) is 5.32 Å². The fourth-order valence-corrected chi connectivity index (χ4v) is 2.56. The van der Waals surface area contributed by atoms with Crippen LogP contribution in [0.15, 0.2) is 18.2 Å². The van der Waals surface area contributed by atoms with Crippen LogP contribution in [0.4, 0.5) is 15.8 Å². The molecule has 0 aromatic heterocycles. The minimum absolute atomic E-state index is 0.256. The zero-order valence-electron chi connectivity index (χ0n) is 10.2. The third kappa shape index (κ3) is 3.62. The van der Waals surface area contributed by atoms with E-state index < -0.39 is 0 Å². The molecule has 0 atom stereocenters. The van der Waals surface area contributed by atoms with Gasteiger partial charge in [0.25, 0.3) is 0 Å². The molecule has 3 N–H and O–H groups in total. The molecule has 1 aromatic rings. The van der Waals surface area contributed by atoms with Crippen LogP contribution in [0.3, 0.4) is 0 Å². The normalized spacial score (nSPS) is 17.0. The van der Waals surface area contributed by atoms with Crippen molar-refractivity contribution in [1.29, 1.82) is 0 Å². The fourth-order valence-electron chi connectivity index (χ4n) is 2.56. The van der Waals surface area contributed by atoms with Gasteiger partial charge in [-0.3, -0.25) is 0 Å². The number of anilines is 2. The van der Waals surface area contributed by atoms with Gasteiger partial charge in [-0.2, -0.15) is 0 Å². The molecule has 0 aliphatic heterocycles. The van der Waals surface area contributed by atoms with Crippen LogP contribution in [0.5, 0.6) is 0 Å². The monoisotopic (exact) mass is 236 g/mol. The van der Waals surface area contributed by atoms with Crippen molar-refractivity contribution in [1.82, 2.24) is 0 Å². The van der Waals surface area contributed by atoms with E-state index in [1.807, 2.05) is 0 Å². The first-order valence-electron chi connectivity index (χ1n) is 6.54. The van der Waals surface area contributed by atoms with Gasteiger partial charge >= 0.3 is 0 Å². The Morgan fingerprint density at radius 1 is 1.24 bits per heavy atom. The van der Waals surface area contributed by atoms with Gasteiger partial charge in [0.05, 0.1) is 5.69 Å². The van der Waals surface area contributed by atoms with E-state index in [1.165, 1.54) is 38.2 Å². The lowest BCUT2D eigenvalue weighted by atomic mass is 9.87. The van der Waals surface area contributed by atoms with Crippen molar-refractivity contribution in [3.05, 3.63) is 24.0 Å². The maximum atomic E-state index is 13.5. The zero-order valence-corrected chi connectivity index (χ0v) is 10.2. The van der Waals surface area contributed by atoms with Gasteiger partial charge in [0.1, 0.15) is 5.82 Å². The highest BCUT2D eigenvalue weighted by Gasteiger charge is 2.12. The summed E-state index contributed by atoms with van der Waals surface area (Å²) < 4.78 is 13.5. The second-order valence-electron chi connectivity index (χ2n) is 4.96. The number of nitrogen functional groups attached to an aromatic ring is 1. The molecule has 1 fully saturated rings. The Labute approximate surface area is 102 Å². The van der Waals surface area contributed by atoms with E-state index >= 15 is 0 Å². The number of benzene rings is 1. The molecule has 17 heavy (non-hydrogen) atoms. The van der Waals surface area contributed by atoms with Gasteiger partial charge in [-0.1, -0.05) is 32.1 Å².